The number of likely N-dealkylation sites (tertiary alicyclic amines) is 1. The lowest BCUT2D eigenvalue weighted by Crippen LogP contribution is -2.46. The van der Waals surface area contributed by atoms with Crippen molar-refractivity contribution in [3.05, 3.63) is 36.5 Å². The van der Waals surface area contributed by atoms with Crippen molar-refractivity contribution in [1.29, 1.82) is 0 Å². The molecule has 1 fully saturated rings. The van der Waals surface area contributed by atoms with Gasteiger partial charge in [0.2, 0.25) is 5.88 Å². The maximum atomic E-state index is 12.2. The monoisotopic (exact) mass is 345 g/mol. The van der Waals surface area contributed by atoms with Gasteiger partial charge >= 0.3 is 6.03 Å². The van der Waals surface area contributed by atoms with Gasteiger partial charge in [-0.3, -0.25) is 0 Å². The fraction of sp³-hybridized carbons (Fsp3) is 0.471. The standard InChI is InChI=1S/C17H23N5O3/c1-2-25-16-9-15(19-12-20-16)21-14-3-6-22(7-4-14)17(23)18-10-13-5-8-24-11-13/h5,8-9,11-12,14H,2-4,6-7,10H2,1H3,(H,18,23)(H,19,20,21). The van der Waals surface area contributed by atoms with E-state index in [0.717, 1.165) is 24.2 Å². The molecule has 0 bridgehead atoms. The molecule has 1 aliphatic rings. The second-order valence-electron chi connectivity index (χ2n) is 5.87. The molecule has 3 heterocycles. The number of hydrogen-bond acceptors (Lipinski definition) is 6. The molecule has 25 heavy (non-hydrogen) atoms. The first-order chi connectivity index (χ1) is 12.2. The maximum Gasteiger partial charge on any atom is 0.317 e. The summed E-state index contributed by atoms with van der Waals surface area (Å²) in [5, 5.41) is 6.30. The van der Waals surface area contributed by atoms with Crippen LogP contribution in [0.25, 0.3) is 0 Å². The van der Waals surface area contributed by atoms with E-state index in [9.17, 15) is 4.79 Å². The third kappa shape index (κ3) is 4.85. The molecule has 3 rings (SSSR count). The third-order valence-electron chi connectivity index (χ3n) is 4.09. The van der Waals surface area contributed by atoms with Gasteiger partial charge in [-0.2, -0.15) is 0 Å². The molecule has 8 nitrogen and oxygen atoms in total. The summed E-state index contributed by atoms with van der Waals surface area (Å²) in [6.07, 6.45) is 6.46. The molecule has 0 aliphatic carbocycles. The summed E-state index contributed by atoms with van der Waals surface area (Å²) in [4.78, 5) is 22.3. The van der Waals surface area contributed by atoms with Gasteiger partial charge in [0.05, 0.1) is 19.1 Å². The lowest BCUT2D eigenvalue weighted by molar-refractivity contribution is 0.183. The SMILES string of the molecule is CCOc1cc(NC2CCN(C(=O)NCc3ccoc3)CC2)ncn1. The van der Waals surface area contributed by atoms with Gasteiger partial charge in [-0.05, 0) is 25.8 Å². The Hall–Kier alpha value is -2.77. The molecule has 0 atom stereocenters. The van der Waals surface area contributed by atoms with E-state index in [2.05, 4.69) is 20.6 Å². The van der Waals surface area contributed by atoms with Crippen LogP contribution >= 0.6 is 0 Å². The normalized spacial score (nSPS) is 15.0. The summed E-state index contributed by atoms with van der Waals surface area (Å²) in [6.45, 7) is 4.39. The van der Waals surface area contributed by atoms with Gasteiger partial charge in [-0.15, -0.1) is 0 Å². The molecule has 2 N–H and O–H groups in total. The Kier molecular flexibility index (Phi) is 5.71. The number of ether oxygens (including phenoxy) is 1. The molecule has 1 saturated heterocycles. The van der Waals surface area contributed by atoms with Crippen LogP contribution < -0.4 is 15.4 Å². The molecule has 0 radical (unpaired) electrons. The molecule has 0 spiro atoms. The van der Waals surface area contributed by atoms with E-state index in [-0.39, 0.29) is 12.1 Å². The number of carbonyl (C=O) groups is 1. The lowest BCUT2D eigenvalue weighted by atomic mass is 10.1. The fourth-order valence-corrected chi connectivity index (χ4v) is 2.76. The zero-order chi connectivity index (χ0) is 17.5. The van der Waals surface area contributed by atoms with Crippen molar-refractivity contribution < 1.29 is 13.9 Å². The first-order valence-corrected chi connectivity index (χ1v) is 8.50. The van der Waals surface area contributed by atoms with Gasteiger partial charge in [0.15, 0.2) is 0 Å². The molecule has 0 unspecified atom stereocenters. The maximum absolute atomic E-state index is 12.2. The van der Waals surface area contributed by atoms with E-state index in [4.69, 9.17) is 9.15 Å². The smallest absolute Gasteiger partial charge is 0.317 e. The van der Waals surface area contributed by atoms with Crippen molar-refractivity contribution in [2.45, 2.75) is 32.4 Å². The third-order valence-corrected chi connectivity index (χ3v) is 4.09. The number of carbonyl (C=O) groups excluding carboxylic acids is 1. The number of nitrogens with zero attached hydrogens (tertiary/aromatic N) is 3. The van der Waals surface area contributed by atoms with Crippen molar-refractivity contribution >= 4 is 11.8 Å². The largest absolute Gasteiger partial charge is 0.478 e. The van der Waals surface area contributed by atoms with Crippen molar-refractivity contribution in [1.82, 2.24) is 20.2 Å². The zero-order valence-electron chi connectivity index (χ0n) is 14.3. The second-order valence-corrected chi connectivity index (χ2v) is 5.87. The van der Waals surface area contributed by atoms with Crippen molar-refractivity contribution in [3.8, 4) is 5.88 Å². The summed E-state index contributed by atoms with van der Waals surface area (Å²) in [5.41, 5.74) is 0.957. The average molecular weight is 345 g/mol. The summed E-state index contributed by atoms with van der Waals surface area (Å²) >= 11 is 0. The van der Waals surface area contributed by atoms with Gasteiger partial charge in [-0.1, -0.05) is 0 Å². The highest BCUT2D eigenvalue weighted by molar-refractivity contribution is 5.74. The minimum Gasteiger partial charge on any atom is -0.478 e. The molecule has 2 aromatic rings. The predicted octanol–water partition coefficient (Wildman–Crippen LogP) is 2.25. The Morgan fingerprint density at radius 1 is 1.40 bits per heavy atom. The topological polar surface area (TPSA) is 92.5 Å². The number of anilines is 1. The molecule has 0 saturated carbocycles. The molecule has 1 aliphatic heterocycles. The second kappa shape index (κ2) is 8.36. The fourth-order valence-electron chi connectivity index (χ4n) is 2.76. The van der Waals surface area contributed by atoms with Crippen LogP contribution in [0.15, 0.2) is 35.4 Å². The van der Waals surface area contributed by atoms with Gasteiger partial charge in [0, 0.05) is 37.3 Å². The number of piperidine rings is 1. The van der Waals surface area contributed by atoms with Gasteiger partial charge in [-0.25, -0.2) is 14.8 Å². The van der Waals surface area contributed by atoms with Crippen LogP contribution in [0, 0.1) is 0 Å². The minimum atomic E-state index is -0.0414. The predicted molar refractivity (Wildman–Crippen MR) is 92.4 cm³/mol. The van der Waals surface area contributed by atoms with Crippen LogP contribution in [0.3, 0.4) is 0 Å². The minimum absolute atomic E-state index is 0.0414. The summed E-state index contributed by atoms with van der Waals surface area (Å²) in [7, 11) is 0. The molecule has 2 amide bonds. The van der Waals surface area contributed by atoms with E-state index in [1.165, 1.54) is 6.33 Å². The van der Waals surface area contributed by atoms with E-state index >= 15 is 0 Å². The van der Waals surface area contributed by atoms with Crippen LogP contribution in [-0.4, -0.2) is 46.6 Å². The van der Waals surface area contributed by atoms with E-state index < -0.39 is 0 Å². The highest BCUT2D eigenvalue weighted by Gasteiger charge is 2.23. The Morgan fingerprint density at radius 3 is 2.96 bits per heavy atom. The van der Waals surface area contributed by atoms with Crippen LogP contribution in [-0.2, 0) is 6.54 Å². The van der Waals surface area contributed by atoms with E-state index in [1.807, 2.05) is 17.9 Å². The number of hydrogen-bond donors (Lipinski definition) is 2. The quantitative estimate of drug-likeness (QED) is 0.834. The summed E-state index contributed by atoms with van der Waals surface area (Å²) in [6, 6.07) is 3.88. The molecule has 8 heteroatoms. The summed E-state index contributed by atoms with van der Waals surface area (Å²) in [5.74, 6) is 1.32. The zero-order valence-corrected chi connectivity index (χ0v) is 14.3. The Bertz CT molecular complexity index is 669. The van der Waals surface area contributed by atoms with Gasteiger partial charge in [0.1, 0.15) is 12.1 Å². The first-order valence-electron chi connectivity index (χ1n) is 8.50. The molecular formula is C17H23N5O3. The highest BCUT2D eigenvalue weighted by Crippen LogP contribution is 2.17. The van der Waals surface area contributed by atoms with Crippen LogP contribution in [0.4, 0.5) is 10.6 Å². The van der Waals surface area contributed by atoms with E-state index in [1.54, 1.807) is 18.6 Å². The number of amides is 2. The Labute approximate surface area is 146 Å². The van der Waals surface area contributed by atoms with Crippen LogP contribution in [0.2, 0.25) is 0 Å². The first kappa shape index (κ1) is 17.1. The number of nitrogens with one attached hydrogen (secondary N) is 2. The summed E-state index contributed by atoms with van der Waals surface area (Å²) < 4.78 is 10.4. The van der Waals surface area contributed by atoms with Crippen molar-refractivity contribution in [3.63, 3.8) is 0 Å². The molecule has 0 aromatic carbocycles. The lowest BCUT2D eigenvalue weighted by Gasteiger charge is -2.32. The van der Waals surface area contributed by atoms with Crippen molar-refractivity contribution in [2.75, 3.05) is 25.0 Å². The Balaban J connectivity index is 1.43. The molecule has 2 aromatic heterocycles. The molecular weight excluding hydrogens is 322 g/mol. The van der Waals surface area contributed by atoms with Crippen molar-refractivity contribution in [2.24, 2.45) is 0 Å². The van der Waals surface area contributed by atoms with Crippen LogP contribution in [0.5, 0.6) is 5.88 Å². The highest BCUT2D eigenvalue weighted by atomic mass is 16.5. The Morgan fingerprint density at radius 2 is 2.24 bits per heavy atom. The van der Waals surface area contributed by atoms with Gasteiger partial charge < -0.3 is 24.7 Å². The molecule has 134 valence electrons. The number of urea groups is 1. The number of aromatic nitrogens is 2. The number of furan rings is 1. The van der Waals surface area contributed by atoms with E-state index in [0.29, 0.717) is 32.1 Å². The van der Waals surface area contributed by atoms with Gasteiger partial charge in [0.25, 0.3) is 0 Å². The number of rotatable bonds is 6. The average Bonchev–Trinajstić information content (AvgIpc) is 3.14. The van der Waals surface area contributed by atoms with Crippen LogP contribution in [0.1, 0.15) is 25.3 Å².